The summed E-state index contributed by atoms with van der Waals surface area (Å²) in [6, 6.07) is 17.6. The summed E-state index contributed by atoms with van der Waals surface area (Å²) in [5.41, 5.74) is 6.06. The van der Waals surface area contributed by atoms with Crippen LogP contribution in [0, 0.1) is 0 Å². The predicted octanol–water partition coefficient (Wildman–Crippen LogP) is 3.91. The summed E-state index contributed by atoms with van der Waals surface area (Å²) < 4.78 is 0. The fraction of sp³-hybridized carbons (Fsp3) is 0.250. The minimum absolute atomic E-state index is 0. The standard InChI is InChI=1S/C16H16.Cr/c1-16(2)14-9-5-3-7-12(14)11-13-8-4-6-10-15(13)16;/h3-10H,11H2,1-2H3;. The van der Waals surface area contributed by atoms with Crippen molar-refractivity contribution in [2.24, 2.45) is 0 Å². The maximum atomic E-state index is 2.32. The molecule has 0 radical (unpaired) electrons. The molecule has 0 fully saturated rings. The molecule has 1 aliphatic rings. The van der Waals surface area contributed by atoms with Crippen molar-refractivity contribution in [3.8, 4) is 0 Å². The van der Waals surface area contributed by atoms with E-state index < -0.39 is 0 Å². The number of benzene rings is 2. The van der Waals surface area contributed by atoms with E-state index in [0.29, 0.717) is 0 Å². The van der Waals surface area contributed by atoms with Crippen LogP contribution in [-0.2, 0) is 29.2 Å². The van der Waals surface area contributed by atoms with Crippen LogP contribution in [0.3, 0.4) is 0 Å². The van der Waals surface area contributed by atoms with Crippen LogP contribution in [0.2, 0.25) is 0 Å². The molecule has 2 aromatic carbocycles. The monoisotopic (exact) mass is 260 g/mol. The van der Waals surface area contributed by atoms with Gasteiger partial charge in [-0.3, -0.25) is 0 Å². The Morgan fingerprint density at radius 3 is 1.65 bits per heavy atom. The number of hydrogen-bond acceptors (Lipinski definition) is 0. The van der Waals surface area contributed by atoms with Gasteiger partial charge < -0.3 is 0 Å². The molecule has 0 saturated carbocycles. The zero-order valence-electron chi connectivity index (χ0n) is 10.2. The third kappa shape index (κ3) is 1.84. The van der Waals surface area contributed by atoms with E-state index in [1.54, 1.807) is 0 Å². The van der Waals surface area contributed by atoms with Crippen molar-refractivity contribution in [2.75, 3.05) is 0 Å². The first-order chi connectivity index (χ1) is 7.69. The average Bonchev–Trinajstić information content (AvgIpc) is 2.29. The fourth-order valence-corrected chi connectivity index (χ4v) is 2.92. The van der Waals surface area contributed by atoms with Gasteiger partial charge in [-0.25, -0.2) is 0 Å². The van der Waals surface area contributed by atoms with Crippen molar-refractivity contribution in [1.29, 1.82) is 0 Å². The molecule has 17 heavy (non-hydrogen) atoms. The Morgan fingerprint density at radius 2 is 1.18 bits per heavy atom. The SMILES string of the molecule is CC1(C)c2ccccc2Cc2ccccc21.[Cr]. The van der Waals surface area contributed by atoms with Crippen molar-refractivity contribution in [2.45, 2.75) is 25.7 Å². The molecule has 0 unspecified atom stereocenters. The van der Waals surface area contributed by atoms with Crippen molar-refractivity contribution < 1.29 is 17.4 Å². The zero-order valence-corrected chi connectivity index (χ0v) is 11.5. The Balaban J connectivity index is 0.00000108. The van der Waals surface area contributed by atoms with Crippen LogP contribution in [0.15, 0.2) is 48.5 Å². The topological polar surface area (TPSA) is 0 Å². The third-order valence-corrected chi connectivity index (χ3v) is 3.76. The second kappa shape index (κ2) is 4.33. The third-order valence-electron chi connectivity index (χ3n) is 3.76. The van der Waals surface area contributed by atoms with Crippen LogP contribution in [0.4, 0.5) is 0 Å². The molecule has 0 nitrogen and oxygen atoms in total. The van der Waals surface area contributed by atoms with Gasteiger partial charge in [-0.15, -0.1) is 0 Å². The quantitative estimate of drug-likeness (QED) is 0.673. The summed E-state index contributed by atoms with van der Waals surface area (Å²) in [5.74, 6) is 0. The zero-order chi connectivity index (χ0) is 11.2. The van der Waals surface area contributed by atoms with Crippen LogP contribution in [-0.4, -0.2) is 0 Å². The summed E-state index contributed by atoms with van der Waals surface area (Å²) >= 11 is 0. The minimum atomic E-state index is 0. The van der Waals surface area contributed by atoms with Gasteiger partial charge in [0.05, 0.1) is 0 Å². The van der Waals surface area contributed by atoms with E-state index in [2.05, 4.69) is 62.4 Å². The molecule has 0 aromatic heterocycles. The second-order valence-corrected chi connectivity index (χ2v) is 5.12. The largest absolute Gasteiger partial charge is 0.0620 e. The Morgan fingerprint density at radius 1 is 0.765 bits per heavy atom. The van der Waals surface area contributed by atoms with Crippen molar-refractivity contribution >= 4 is 0 Å². The summed E-state index contributed by atoms with van der Waals surface area (Å²) in [7, 11) is 0. The van der Waals surface area contributed by atoms with Gasteiger partial charge in [-0.05, 0) is 28.7 Å². The molecule has 0 atom stereocenters. The molecular weight excluding hydrogens is 244 g/mol. The molecule has 2 aromatic rings. The molecule has 0 spiro atoms. The molecule has 0 aliphatic heterocycles. The average molecular weight is 260 g/mol. The van der Waals surface area contributed by atoms with Gasteiger partial charge in [-0.2, -0.15) is 0 Å². The first kappa shape index (κ1) is 12.4. The molecule has 0 heterocycles. The molecule has 86 valence electrons. The fourth-order valence-electron chi connectivity index (χ4n) is 2.92. The van der Waals surface area contributed by atoms with E-state index in [1.165, 1.54) is 22.3 Å². The van der Waals surface area contributed by atoms with Crippen molar-refractivity contribution in [1.82, 2.24) is 0 Å². The number of rotatable bonds is 0. The predicted molar refractivity (Wildman–Crippen MR) is 67.8 cm³/mol. The molecule has 1 aliphatic carbocycles. The molecular formula is C16H16Cr. The van der Waals surface area contributed by atoms with E-state index in [-0.39, 0.29) is 22.8 Å². The number of fused-ring (bicyclic) bond motifs is 2. The van der Waals surface area contributed by atoms with E-state index in [4.69, 9.17) is 0 Å². The van der Waals surface area contributed by atoms with Gasteiger partial charge in [0.2, 0.25) is 0 Å². The maximum Gasteiger partial charge on any atom is 0.0152 e. The van der Waals surface area contributed by atoms with Gasteiger partial charge >= 0.3 is 0 Å². The van der Waals surface area contributed by atoms with Gasteiger partial charge in [0.15, 0.2) is 0 Å². The van der Waals surface area contributed by atoms with Crippen LogP contribution in [0.1, 0.15) is 36.1 Å². The Bertz CT molecular complexity index is 493. The van der Waals surface area contributed by atoms with E-state index in [9.17, 15) is 0 Å². The van der Waals surface area contributed by atoms with Crippen molar-refractivity contribution in [3.63, 3.8) is 0 Å². The minimum Gasteiger partial charge on any atom is -0.0620 e. The van der Waals surface area contributed by atoms with Crippen LogP contribution < -0.4 is 0 Å². The maximum absolute atomic E-state index is 2.32. The summed E-state index contributed by atoms with van der Waals surface area (Å²) in [6.07, 6.45) is 1.08. The van der Waals surface area contributed by atoms with Crippen LogP contribution in [0.25, 0.3) is 0 Å². The smallest absolute Gasteiger partial charge is 0.0152 e. The molecule has 0 saturated heterocycles. The summed E-state index contributed by atoms with van der Waals surface area (Å²) in [6.45, 7) is 4.65. The molecule has 0 amide bonds. The van der Waals surface area contributed by atoms with E-state index in [1.807, 2.05) is 0 Å². The normalized spacial score (nSPS) is 15.4. The van der Waals surface area contributed by atoms with E-state index >= 15 is 0 Å². The first-order valence-corrected chi connectivity index (χ1v) is 5.86. The Kier molecular flexibility index (Phi) is 3.17. The van der Waals surface area contributed by atoms with Crippen LogP contribution in [0.5, 0.6) is 0 Å². The molecule has 0 N–H and O–H groups in total. The molecule has 3 rings (SSSR count). The van der Waals surface area contributed by atoms with Gasteiger partial charge in [0, 0.05) is 22.8 Å². The Labute approximate surface area is 114 Å². The van der Waals surface area contributed by atoms with E-state index in [0.717, 1.165) is 6.42 Å². The summed E-state index contributed by atoms with van der Waals surface area (Å²) in [4.78, 5) is 0. The van der Waals surface area contributed by atoms with Crippen molar-refractivity contribution in [3.05, 3.63) is 70.8 Å². The van der Waals surface area contributed by atoms with Gasteiger partial charge in [0.25, 0.3) is 0 Å². The van der Waals surface area contributed by atoms with Gasteiger partial charge in [0.1, 0.15) is 0 Å². The molecule has 0 bridgehead atoms. The Hall–Kier alpha value is -1.03. The summed E-state index contributed by atoms with van der Waals surface area (Å²) in [5, 5.41) is 0. The second-order valence-electron chi connectivity index (χ2n) is 5.12. The van der Waals surface area contributed by atoms with Crippen LogP contribution >= 0.6 is 0 Å². The van der Waals surface area contributed by atoms with Gasteiger partial charge in [-0.1, -0.05) is 62.4 Å². The number of hydrogen-bond donors (Lipinski definition) is 0. The molecule has 1 heteroatoms. The first-order valence-electron chi connectivity index (χ1n) is 5.86.